The first kappa shape index (κ1) is 32.4. The quantitative estimate of drug-likeness (QED) is 0.0966. The van der Waals surface area contributed by atoms with E-state index >= 15 is 0 Å². The lowest BCUT2D eigenvalue weighted by molar-refractivity contribution is -0.164. The molecule has 1 atom stereocenters. The molecule has 0 spiro atoms. The van der Waals surface area contributed by atoms with Gasteiger partial charge in [-0.1, -0.05) is 25.3 Å². The highest BCUT2D eigenvalue weighted by molar-refractivity contribution is 5.90. The van der Waals surface area contributed by atoms with Gasteiger partial charge in [0, 0.05) is 30.6 Å². The molecule has 0 aromatic rings. The van der Waals surface area contributed by atoms with Gasteiger partial charge in [-0.3, -0.25) is 9.89 Å². The van der Waals surface area contributed by atoms with Gasteiger partial charge in [0.15, 0.2) is 6.61 Å². The van der Waals surface area contributed by atoms with Crippen molar-refractivity contribution >= 4 is 12.7 Å². The monoisotopic (exact) mass is 537 g/mol. The van der Waals surface area contributed by atoms with E-state index in [0.717, 1.165) is 11.1 Å². The Balaban J connectivity index is 3.31. The Bertz CT molecular complexity index is 1110. The molecule has 10 heteroatoms. The number of nitrogens with one attached hydrogen (secondary N) is 1. The summed E-state index contributed by atoms with van der Waals surface area (Å²) in [4.78, 5) is 17.2. The zero-order valence-electron chi connectivity index (χ0n) is 22.2. The van der Waals surface area contributed by atoms with Crippen LogP contribution in [-0.4, -0.2) is 61.7 Å². The average Bonchev–Trinajstić information content (AvgIpc) is 2.82. The zero-order chi connectivity index (χ0) is 29.0. The summed E-state index contributed by atoms with van der Waals surface area (Å²) < 4.78 is 56.1. The smallest absolute Gasteiger partial charge is 0.422 e. The predicted octanol–water partition coefficient (Wildman–Crippen LogP) is 6.17. The number of aliphatic carboxylic acids is 1. The number of carbonyl (C=O) groups is 1. The van der Waals surface area contributed by atoms with Crippen molar-refractivity contribution in [2.75, 3.05) is 26.7 Å². The molecule has 0 aromatic carbocycles. The second-order valence-corrected chi connectivity index (χ2v) is 8.65. The fraction of sp³-hybridized carbons (Fsp3) is 0.357. The maximum absolute atomic E-state index is 14.3. The van der Waals surface area contributed by atoms with Crippen LogP contribution in [0.4, 0.5) is 17.6 Å². The van der Waals surface area contributed by atoms with E-state index in [1.165, 1.54) is 31.4 Å². The van der Waals surface area contributed by atoms with Crippen molar-refractivity contribution < 1.29 is 32.2 Å². The third-order valence-electron chi connectivity index (χ3n) is 5.81. The van der Waals surface area contributed by atoms with Crippen molar-refractivity contribution in [2.24, 2.45) is 4.99 Å². The van der Waals surface area contributed by atoms with E-state index in [4.69, 9.17) is 0 Å². The van der Waals surface area contributed by atoms with Gasteiger partial charge in [0.2, 0.25) is 0 Å². The predicted molar refractivity (Wildman–Crippen MR) is 143 cm³/mol. The summed E-state index contributed by atoms with van der Waals surface area (Å²) in [6, 6.07) is -0.161. The van der Waals surface area contributed by atoms with Crippen LogP contribution < -0.4 is 5.32 Å². The highest BCUT2D eigenvalue weighted by Gasteiger charge is 2.28. The molecule has 0 aromatic heterocycles. The maximum Gasteiger partial charge on any atom is 0.422 e. The highest BCUT2D eigenvalue weighted by Crippen LogP contribution is 2.29. The molecule has 1 rings (SSSR count). The Morgan fingerprint density at radius 3 is 2.47 bits per heavy atom. The van der Waals surface area contributed by atoms with E-state index in [1.807, 2.05) is 7.05 Å². The molecule has 2 N–H and O–H groups in total. The van der Waals surface area contributed by atoms with Crippen molar-refractivity contribution in [2.45, 2.75) is 39.4 Å². The fourth-order valence-electron chi connectivity index (χ4n) is 3.79. The number of likely N-dealkylation sites (N-methyl/N-ethyl adjacent to an activating group) is 1. The number of carboxylic acid groups (broad SMARTS) is 1. The first-order chi connectivity index (χ1) is 17.7. The number of allylic oxidation sites excluding steroid dienone is 8. The molecule has 1 aliphatic heterocycles. The van der Waals surface area contributed by atoms with E-state index in [-0.39, 0.29) is 22.9 Å². The molecule has 0 amide bonds. The molecule has 0 unspecified atom stereocenters. The van der Waals surface area contributed by atoms with Crippen LogP contribution in [0.25, 0.3) is 0 Å². The molecule has 0 radical (unpaired) electrons. The summed E-state index contributed by atoms with van der Waals surface area (Å²) in [7, 11) is 1.94. The summed E-state index contributed by atoms with van der Waals surface area (Å²) in [5, 5.41) is 12.6. The third kappa shape index (κ3) is 10.4. The number of rotatable bonds is 13. The Kier molecular flexibility index (Phi) is 12.7. The van der Waals surface area contributed by atoms with E-state index in [2.05, 4.69) is 39.8 Å². The van der Waals surface area contributed by atoms with Gasteiger partial charge in [-0.05, 0) is 75.9 Å². The van der Waals surface area contributed by atoms with Crippen LogP contribution in [0.15, 0.2) is 99.9 Å². The van der Waals surface area contributed by atoms with Gasteiger partial charge >= 0.3 is 12.1 Å². The zero-order valence-corrected chi connectivity index (χ0v) is 22.2. The standard InChI is InChI=1S/C28H35F4N3O3/c1-8-23-22(15-18(2)24(20(4)29)10-9-19(3)38-17-28(30,31)32)12-14-35(7)26(23)16-34-21(5)25(27(36)37)11-13-33-6/h8-11,13,15,26,34H,1,4,6,12,14,16-17H2,2-3,5,7H3,(H,36,37)/b13-11-,18-15+,19-9+,24-10-,25-21-/t26-/m0/s1. The lowest BCUT2D eigenvalue weighted by Gasteiger charge is -2.35. The van der Waals surface area contributed by atoms with Crippen molar-refractivity contribution in [3.8, 4) is 0 Å². The van der Waals surface area contributed by atoms with Gasteiger partial charge in [-0.15, -0.1) is 0 Å². The Morgan fingerprint density at radius 2 is 1.95 bits per heavy atom. The number of alkyl halides is 3. The molecular weight excluding hydrogens is 502 g/mol. The van der Waals surface area contributed by atoms with E-state index in [9.17, 15) is 27.5 Å². The summed E-state index contributed by atoms with van der Waals surface area (Å²) in [6.45, 7) is 14.9. The van der Waals surface area contributed by atoms with Crippen LogP contribution >= 0.6 is 0 Å². The fourth-order valence-corrected chi connectivity index (χ4v) is 3.79. The molecule has 6 nitrogen and oxygen atoms in total. The van der Waals surface area contributed by atoms with Gasteiger partial charge < -0.3 is 15.2 Å². The summed E-state index contributed by atoms with van der Waals surface area (Å²) >= 11 is 0. The number of hydrogen-bond donors (Lipinski definition) is 2. The summed E-state index contributed by atoms with van der Waals surface area (Å²) in [6.07, 6.45) is 4.92. The van der Waals surface area contributed by atoms with Crippen molar-refractivity contribution in [1.29, 1.82) is 0 Å². The SMILES string of the molecule is C=CC1=C(/C=C(C)/C(=C/C=C(\C)OCC(F)(F)F)C(=C)F)CCN(C)[C@H]1CN/C(C)=C(/C=C\N=C)C(=O)O. The van der Waals surface area contributed by atoms with Crippen LogP contribution in [0.5, 0.6) is 0 Å². The Hall–Kier alpha value is -3.66. The number of hydrogen-bond acceptors (Lipinski definition) is 5. The van der Waals surface area contributed by atoms with Crippen molar-refractivity contribution in [3.05, 3.63) is 94.9 Å². The Labute approximate surface area is 221 Å². The summed E-state index contributed by atoms with van der Waals surface area (Å²) in [5.74, 6) is -1.87. The third-order valence-corrected chi connectivity index (χ3v) is 5.81. The second-order valence-electron chi connectivity index (χ2n) is 8.65. The van der Waals surface area contributed by atoms with Crippen LogP contribution in [-0.2, 0) is 9.53 Å². The number of carboxylic acids is 1. The minimum absolute atomic E-state index is 0.0202. The number of ether oxygens (including phenoxy) is 1. The molecular formula is C28H35F4N3O3. The molecule has 0 saturated heterocycles. The second kappa shape index (κ2) is 14.9. The molecule has 0 fully saturated rings. The largest absolute Gasteiger partial charge is 0.489 e. The van der Waals surface area contributed by atoms with Crippen LogP contribution in [0, 0.1) is 0 Å². The maximum atomic E-state index is 14.3. The van der Waals surface area contributed by atoms with Gasteiger partial charge in [0.25, 0.3) is 0 Å². The topological polar surface area (TPSA) is 74.2 Å². The molecule has 1 aliphatic rings. The van der Waals surface area contributed by atoms with E-state index < -0.39 is 24.6 Å². The lowest BCUT2D eigenvalue weighted by Crippen LogP contribution is -2.44. The van der Waals surface area contributed by atoms with Crippen molar-refractivity contribution in [1.82, 2.24) is 10.2 Å². The number of nitrogens with zero attached hydrogens (tertiary/aromatic N) is 2. The first-order valence-electron chi connectivity index (χ1n) is 11.7. The molecule has 0 aliphatic carbocycles. The van der Waals surface area contributed by atoms with Crippen LogP contribution in [0.1, 0.15) is 27.2 Å². The Morgan fingerprint density at radius 1 is 1.29 bits per heavy atom. The molecule has 1 heterocycles. The van der Waals surface area contributed by atoms with Crippen molar-refractivity contribution in [3.63, 3.8) is 0 Å². The molecule has 208 valence electrons. The van der Waals surface area contributed by atoms with Gasteiger partial charge in [0.1, 0.15) is 5.83 Å². The lowest BCUT2D eigenvalue weighted by atomic mass is 9.90. The summed E-state index contributed by atoms with van der Waals surface area (Å²) in [5.41, 5.74) is 2.92. The molecule has 0 saturated carbocycles. The molecule has 38 heavy (non-hydrogen) atoms. The highest BCUT2D eigenvalue weighted by atomic mass is 19.4. The minimum atomic E-state index is -4.47. The van der Waals surface area contributed by atoms with Crippen LogP contribution in [0.3, 0.4) is 0 Å². The normalized spacial score (nSPS) is 18.8. The average molecular weight is 538 g/mol. The van der Waals surface area contributed by atoms with Gasteiger partial charge in [0.05, 0.1) is 17.4 Å². The van der Waals surface area contributed by atoms with Gasteiger partial charge in [-0.25, -0.2) is 9.18 Å². The van der Waals surface area contributed by atoms with E-state index in [1.54, 1.807) is 26.0 Å². The van der Waals surface area contributed by atoms with Gasteiger partial charge in [-0.2, -0.15) is 13.2 Å². The number of aliphatic imine (C=N–C) groups is 1. The van der Waals surface area contributed by atoms with E-state index in [0.29, 0.717) is 30.8 Å². The minimum Gasteiger partial charge on any atom is -0.489 e. The number of halogens is 4. The van der Waals surface area contributed by atoms with Crippen LogP contribution in [0.2, 0.25) is 0 Å². The molecule has 0 bridgehead atoms. The first-order valence-corrected chi connectivity index (χ1v) is 11.7.